The number of hydrogen-bond acceptors (Lipinski definition) is 3. The van der Waals surface area contributed by atoms with Crippen molar-refractivity contribution in [1.82, 2.24) is 15.0 Å². The fraction of sp³-hybridized carbons (Fsp3) is 0.667. The molecule has 0 radical (unpaired) electrons. The van der Waals surface area contributed by atoms with Crippen molar-refractivity contribution in [3.05, 3.63) is 10.8 Å². The van der Waals surface area contributed by atoms with E-state index in [-0.39, 0.29) is 5.54 Å². The van der Waals surface area contributed by atoms with Crippen molar-refractivity contribution in [2.45, 2.75) is 18.4 Å². The van der Waals surface area contributed by atoms with Gasteiger partial charge < -0.3 is 5.73 Å². The van der Waals surface area contributed by atoms with Gasteiger partial charge in [-0.25, -0.2) is 4.68 Å². The van der Waals surface area contributed by atoms with Gasteiger partial charge >= 0.3 is 0 Å². The molecule has 0 amide bonds. The highest BCUT2D eigenvalue weighted by Gasteiger charge is 2.44. The van der Waals surface area contributed by atoms with Crippen molar-refractivity contribution >= 4 is 15.9 Å². The smallest absolute Gasteiger partial charge is 0.148 e. The minimum Gasteiger partial charge on any atom is -0.328 e. The first-order valence-corrected chi connectivity index (χ1v) is 4.34. The van der Waals surface area contributed by atoms with E-state index in [0.717, 1.165) is 17.4 Å². The van der Waals surface area contributed by atoms with Gasteiger partial charge in [-0.3, -0.25) is 0 Å². The Hall–Kier alpha value is -0.420. The minimum atomic E-state index is 0.0962. The van der Waals surface area contributed by atoms with Crippen LogP contribution in [-0.2, 0) is 5.54 Å². The number of rotatable bonds is 2. The van der Waals surface area contributed by atoms with E-state index in [1.54, 1.807) is 0 Å². The zero-order valence-electron chi connectivity index (χ0n) is 6.00. The summed E-state index contributed by atoms with van der Waals surface area (Å²) in [6.45, 7) is 0.656. The molecule has 11 heavy (non-hydrogen) atoms. The minimum absolute atomic E-state index is 0.0962. The molecule has 1 heterocycles. The maximum atomic E-state index is 5.61. The van der Waals surface area contributed by atoms with Crippen molar-refractivity contribution in [3.63, 3.8) is 0 Å². The van der Waals surface area contributed by atoms with Crippen LogP contribution in [0.5, 0.6) is 0 Å². The van der Waals surface area contributed by atoms with Crippen LogP contribution in [0.25, 0.3) is 0 Å². The van der Waals surface area contributed by atoms with E-state index in [2.05, 4.69) is 26.2 Å². The molecule has 1 saturated carbocycles. The lowest BCUT2D eigenvalue weighted by Gasteiger charge is -2.10. The lowest BCUT2D eigenvalue weighted by atomic mass is 10.3. The topological polar surface area (TPSA) is 56.7 Å². The summed E-state index contributed by atoms with van der Waals surface area (Å²) in [4.78, 5) is 0. The highest BCUT2D eigenvalue weighted by atomic mass is 79.9. The summed E-state index contributed by atoms with van der Waals surface area (Å²) < 4.78 is 2.63. The molecule has 1 aliphatic carbocycles. The molecule has 0 atom stereocenters. The molecule has 4 nitrogen and oxygen atoms in total. The Morgan fingerprint density at radius 1 is 1.73 bits per heavy atom. The molecule has 0 aliphatic heterocycles. The Kier molecular flexibility index (Phi) is 1.50. The normalized spacial score (nSPS) is 20.2. The maximum Gasteiger partial charge on any atom is 0.148 e. The number of halogens is 1. The molecular weight excluding hydrogens is 208 g/mol. The Morgan fingerprint density at radius 3 is 2.82 bits per heavy atom. The predicted octanol–water partition coefficient (Wildman–Crippen LogP) is 0.488. The van der Waals surface area contributed by atoms with Gasteiger partial charge in [-0.1, -0.05) is 5.21 Å². The van der Waals surface area contributed by atoms with Crippen LogP contribution >= 0.6 is 15.9 Å². The zero-order chi connectivity index (χ0) is 7.90. The fourth-order valence-electron chi connectivity index (χ4n) is 1.15. The van der Waals surface area contributed by atoms with Gasteiger partial charge in [0.1, 0.15) is 4.60 Å². The summed E-state index contributed by atoms with van der Waals surface area (Å²) in [7, 11) is 0. The van der Waals surface area contributed by atoms with Crippen LogP contribution in [0, 0.1) is 0 Å². The van der Waals surface area contributed by atoms with Gasteiger partial charge in [-0.2, -0.15) is 0 Å². The summed E-state index contributed by atoms with van der Waals surface area (Å²) in [5.41, 5.74) is 5.70. The van der Waals surface area contributed by atoms with Crippen LogP contribution in [0.15, 0.2) is 10.8 Å². The number of hydrogen-bond donors (Lipinski definition) is 1. The molecule has 5 heteroatoms. The standard InChI is InChI=1S/C6H9BrN4/c7-5-3-11(10-9-5)6(4-8)1-2-6/h3H,1-2,4,8H2. The van der Waals surface area contributed by atoms with Gasteiger partial charge in [0.05, 0.1) is 11.7 Å². The predicted molar refractivity (Wildman–Crippen MR) is 44.0 cm³/mol. The molecule has 60 valence electrons. The van der Waals surface area contributed by atoms with Crippen molar-refractivity contribution < 1.29 is 0 Å². The summed E-state index contributed by atoms with van der Waals surface area (Å²) >= 11 is 3.25. The maximum absolute atomic E-state index is 5.61. The van der Waals surface area contributed by atoms with Crippen LogP contribution in [0.3, 0.4) is 0 Å². The fourth-order valence-corrected chi connectivity index (χ4v) is 1.41. The first kappa shape index (κ1) is 7.24. The molecule has 1 aromatic heterocycles. The molecule has 2 N–H and O–H groups in total. The van der Waals surface area contributed by atoms with E-state index in [4.69, 9.17) is 5.73 Å². The molecule has 0 bridgehead atoms. The van der Waals surface area contributed by atoms with E-state index < -0.39 is 0 Å². The lowest BCUT2D eigenvalue weighted by molar-refractivity contribution is 0.429. The third kappa shape index (κ3) is 1.08. The highest BCUT2D eigenvalue weighted by Crippen LogP contribution is 2.41. The van der Waals surface area contributed by atoms with Crippen LogP contribution in [0.4, 0.5) is 0 Å². The molecule has 0 aromatic carbocycles. The molecule has 0 spiro atoms. The quantitative estimate of drug-likeness (QED) is 0.784. The van der Waals surface area contributed by atoms with E-state index in [0.29, 0.717) is 6.54 Å². The van der Waals surface area contributed by atoms with Crippen LogP contribution in [0.1, 0.15) is 12.8 Å². The van der Waals surface area contributed by atoms with E-state index in [1.165, 1.54) is 0 Å². The number of nitrogens with zero attached hydrogens (tertiary/aromatic N) is 3. The van der Waals surface area contributed by atoms with Crippen molar-refractivity contribution in [1.29, 1.82) is 0 Å². The van der Waals surface area contributed by atoms with Crippen LogP contribution < -0.4 is 5.73 Å². The molecule has 0 saturated heterocycles. The summed E-state index contributed by atoms with van der Waals surface area (Å²) in [6.07, 6.45) is 4.12. The van der Waals surface area contributed by atoms with Crippen molar-refractivity contribution in [2.24, 2.45) is 5.73 Å². The number of nitrogens with two attached hydrogens (primary N) is 1. The average molecular weight is 217 g/mol. The Bertz CT molecular complexity index is 265. The summed E-state index contributed by atoms with van der Waals surface area (Å²) in [5, 5.41) is 7.81. The molecule has 1 aromatic rings. The third-order valence-electron chi connectivity index (χ3n) is 2.16. The second kappa shape index (κ2) is 2.28. The van der Waals surface area contributed by atoms with Crippen molar-refractivity contribution in [2.75, 3.05) is 6.54 Å². The van der Waals surface area contributed by atoms with Gasteiger partial charge in [-0.05, 0) is 28.8 Å². The van der Waals surface area contributed by atoms with E-state index in [9.17, 15) is 0 Å². The molecule has 1 fully saturated rings. The van der Waals surface area contributed by atoms with Gasteiger partial charge in [-0.15, -0.1) is 5.10 Å². The van der Waals surface area contributed by atoms with Crippen molar-refractivity contribution in [3.8, 4) is 0 Å². The second-order valence-electron chi connectivity index (χ2n) is 2.91. The Morgan fingerprint density at radius 2 is 2.45 bits per heavy atom. The van der Waals surface area contributed by atoms with Crippen LogP contribution in [0.2, 0.25) is 0 Å². The second-order valence-corrected chi connectivity index (χ2v) is 3.73. The monoisotopic (exact) mass is 216 g/mol. The molecule has 0 unspecified atom stereocenters. The molecular formula is C6H9BrN4. The summed E-state index contributed by atoms with van der Waals surface area (Å²) in [5.74, 6) is 0. The van der Waals surface area contributed by atoms with Gasteiger partial charge in [0.25, 0.3) is 0 Å². The highest BCUT2D eigenvalue weighted by molar-refractivity contribution is 9.10. The largest absolute Gasteiger partial charge is 0.328 e. The van der Waals surface area contributed by atoms with Gasteiger partial charge in [0.2, 0.25) is 0 Å². The summed E-state index contributed by atoms with van der Waals surface area (Å²) in [6, 6.07) is 0. The van der Waals surface area contributed by atoms with Gasteiger partial charge in [0.15, 0.2) is 0 Å². The first-order chi connectivity index (χ1) is 5.27. The van der Waals surface area contributed by atoms with Gasteiger partial charge in [0, 0.05) is 6.54 Å². The first-order valence-electron chi connectivity index (χ1n) is 3.55. The zero-order valence-corrected chi connectivity index (χ0v) is 7.58. The lowest BCUT2D eigenvalue weighted by Crippen LogP contribution is -2.27. The molecule has 2 rings (SSSR count). The Balaban J connectivity index is 2.29. The average Bonchev–Trinajstić information content (AvgIpc) is 2.70. The van der Waals surface area contributed by atoms with E-state index in [1.807, 2.05) is 10.9 Å². The molecule has 1 aliphatic rings. The number of aromatic nitrogens is 3. The SMILES string of the molecule is NCC1(n2cc(Br)nn2)CC1. The van der Waals surface area contributed by atoms with Crippen LogP contribution in [-0.4, -0.2) is 21.5 Å². The Labute approximate surface area is 72.9 Å². The van der Waals surface area contributed by atoms with E-state index >= 15 is 0 Å². The third-order valence-corrected chi connectivity index (χ3v) is 2.52.